The summed E-state index contributed by atoms with van der Waals surface area (Å²) >= 11 is 0. The molecular formula is C17H36N+. The van der Waals surface area contributed by atoms with Crippen LogP contribution in [0.2, 0.25) is 0 Å². The Kier molecular flexibility index (Phi) is 15.1. The minimum atomic E-state index is 0. The molecule has 0 heterocycles. The molecule has 0 atom stereocenters. The molecule has 0 saturated carbocycles. The molecular weight excluding hydrogens is 218 g/mol. The standard InChI is InChI=1S/C16H36N.C/c1-5-9-13-17(14-10-6-2,15-11-7-3)16-12-8-4;/h5-16H2,1-4H3;/q+1;. The summed E-state index contributed by atoms with van der Waals surface area (Å²) in [6, 6.07) is 0. The first-order valence-corrected chi connectivity index (χ1v) is 8.09. The highest BCUT2D eigenvalue weighted by atomic mass is 15.3. The van der Waals surface area contributed by atoms with Gasteiger partial charge in [0.15, 0.2) is 0 Å². The Balaban J connectivity index is 0. The molecule has 0 aromatic rings. The number of nitrogens with zero attached hydrogens (tertiary/aromatic N) is 1. The van der Waals surface area contributed by atoms with E-state index in [1.54, 1.807) is 0 Å². The van der Waals surface area contributed by atoms with Gasteiger partial charge < -0.3 is 4.48 Å². The molecule has 4 radical (unpaired) electrons. The van der Waals surface area contributed by atoms with Crippen LogP contribution in [0.5, 0.6) is 0 Å². The smallest absolute Gasteiger partial charge is 0.0786 e. The molecule has 0 unspecified atom stereocenters. The fourth-order valence-electron chi connectivity index (χ4n) is 2.64. The van der Waals surface area contributed by atoms with Crippen molar-refractivity contribution in [1.29, 1.82) is 0 Å². The van der Waals surface area contributed by atoms with Crippen molar-refractivity contribution >= 4 is 0 Å². The van der Waals surface area contributed by atoms with Gasteiger partial charge in [0.05, 0.1) is 26.2 Å². The number of unbranched alkanes of at least 4 members (excludes halogenated alkanes) is 4. The Morgan fingerprint density at radius 1 is 0.500 bits per heavy atom. The summed E-state index contributed by atoms with van der Waals surface area (Å²) in [5.74, 6) is 0. The number of hydrogen-bond acceptors (Lipinski definition) is 0. The van der Waals surface area contributed by atoms with E-state index in [9.17, 15) is 0 Å². The minimum absolute atomic E-state index is 0. The molecule has 0 spiro atoms. The van der Waals surface area contributed by atoms with E-state index in [1.165, 1.54) is 82.0 Å². The van der Waals surface area contributed by atoms with E-state index in [-0.39, 0.29) is 7.43 Å². The zero-order chi connectivity index (χ0) is 13.0. The maximum Gasteiger partial charge on any atom is 0.0786 e. The SMILES string of the molecule is CCCC[N+](CCCC)(CCCC)CCCC.[C]. The van der Waals surface area contributed by atoms with Crippen molar-refractivity contribution < 1.29 is 4.48 Å². The van der Waals surface area contributed by atoms with Crippen LogP contribution in [0, 0.1) is 7.43 Å². The Morgan fingerprint density at radius 3 is 0.889 bits per heavy atom. The first kappa shape index (κ1) is 20.3. The fraction of sp³-hybridized carbons (Fsp3) is 0.941. The Labute approximate surface area is 118 Å². The quantitative estimate of drug-likeness (QED) is 0.426. The minimum Gasteiger partial charge on any atom is -0.324 e. The summed E-state index contributed by atoms with van der Waals surface area (Å²) in [4.78, 5) is 0. The number of rotatable bonds is 12. The topological polar surface area (TPSA) is 0 Å². The van der Waals surface area contributed by atoms with Crippen LogP contribution < -0.4 is 0 Å². The van der Waals surface area contributed by atoms with E-state index in [1.807, 2.05) is 0 Å². The molecule has 0 N–H and O–H groups in total. The fourth-order valence-corrected chi connectivity index (χ4v) is 2.64. The average molecular weight is 254 g/mol. The third kappa shape index (κ3) is 8.97. The molecule has 1 heteroatoms. The molecule has 1 nitrogen and oxygen atoms in total. The van der Waals surface area contributed by atoms with Crippen LogP contribution in [0.3, 0.4) is 0 Å². The second-order valence-electron chi connectivity index (χ2n) is 5.65. The zero-order valence-electron chi connectivity index (χ0n) is 13.4. The first-order valence-electron chi connectivity index (χ1n) is 8.09. The van der Waals surface area contributed by atoms with Crippen molar-refractivity contribution in [1.82, 2.24) is 0 Å². The van der Waals surface area contributed by atoms with E-state index in [4.69, 9.17) is 0 Å². The highest BCUT2D eigenvalue weighted by Crippen LogP contribution is 2.16. The van der Waals surface area contributed by atoms with Crippen molar-refractivity contribution in [3.63, 3.8) is 0 Å². The van der Waals surface area contributed by atoms with Crippen LogP contribution in [-0.2, 0) is 0 Å². The van der Waals surface area contributed by atoms with E-state index in [0.717, 1.165) is 0 Å². The molecule has 0 bridgehead atoms. The molecule has 0 saturated heterocycles. The highest BCUT2D eigenvalue weighted by Gasteiger charge is 2.24. The summed E-state index contributed by atoms with van der Waals surface area (Å²) in [7, 11) is 0. The molecule has 0 aromatic heterocycles. The molecule has 0 aliphatic carbocycles. The van der Waals surface area contributed by atoms with Gasteiger partial charge in [-0.05, 0) is 25.7 Å². The van der Waals surface area contributed by atoms with Gasteiger partial charge in [-0.15, -0.1) is 0 Å². The molecule has 0 rings (SSSR count). The summed E-state index contributed by atoms with van der Waals surface area (Å²) < 4.78 is 1.42. The van der Waals surface area contributed by atoms with Crippen LogP contribution in [0.4, 0.5) is 0 Å². The van der Waals surface area contributed by atoms with Gasteiger partial charge in [0, 0.05) is 7.43 Å². The van der Waals surface area contributed by atoms with Gasteiger partial charge in [0.25, 0.3) is 0 Å². The predicted octanol–water partition coefficient (Wildman–Crippen LogP) is 5.08. The molecule has 108 valence electrons. The number of hydrogen-bond donors (Lipinski definition) is 0. The van der Waals surface area contributed by atoms with Crippen molar-refractivity contribution in [3.8, 4) is 0 Å². The second kappa shape index (κ2) is 13.4. The lowest BCUT2D eigenvalue weighted by Crippen LogP contribution is -2.50. The summed E-state index contributed by atoms with van der Waals surface area (Å²) in [6.07, 6.45) is 11.1. The van der Waals surface area contributed by atoms with Gasteiger partial charge in [-0.1, -0.05) is 53.4 Å². The van der Waals surface area contributed by atoms with Crippen molar-refractivity contribution in [3.05, 3.63) is 7.43 Å². The van der Waals surface area contributed by atoms with Gasteiger partial charge in [0.2, 0.25) is 0 Å². The first-order chi connectivity index (χ1) is 8.24. The Bertz CT molecular complexity index is 116. The third-order valence-corrected chi connectivity index (χ3v) is 3.94. The van der Waals surface area contributed by atoms with Crippen molar-refractivity contribution in [2.24, 2.45) is 0 Å². The normalized spacial score (nSPS) is 11.3. The van der Waals surface area contributed by atoms with Gasteiger partial charge in [-0.25, -0.2) is 0 Å². The van der Waals surface area contributed by atoms with Gasteiger partial charge in [-0.3, -0.25) is 0 Å². The summed E-state index contributed by atoms with van der Waals surface area (Å²) in [5.41, 5.74) is 0. The van der Waals surface area contributed by atoms with E-state index < -0.39 is 0 Å². The van der Waals surface area contributed by atoms with E-state index >= 15 is 0 Å². The molecule has 0 aliphatic heterocycles. The summed E-state index contributed by atoms with van der Waals surface area (Å²) in [5, 5.41) is 0. The zero-order valence-corrected chi connectivity index (χ0v) is 13.4. The largest absolute Gasteiger partial charge is 0.324 e. The van der Waals surface area contributed by atoms with E-state index in [0.29, 0.717) is 0 Å². The summed E-state index contributed by atoms with van der Waals surface area (Å²) in [6.45, 7) is 15.0. The lowest BCUT2D eigenvalue weighted by Gasteiger charge is -2.39. The average Bonchev–Trinajstić information content (AvgIpc) is 2.37. The molecule has 18 heavy (non-hydrogen) atoms. The molecule has 0 aliphatic rings. The predicted molar refractivity (Wildman–Crippen MR) is 82.6 cm³/mol. The highest BCUT2D eigenvalue weighted by molar-refractivity contribution is 4.49. The van der Waals surface area contributed by atoms with Crippen molar-refractivity contribution in [2.45, 2.75) is 79.1 Å². The van der Waals surface area contributed by atoms with Gasteiger partial charge >= 0.3 is 0 Å². The molecule has 0 amide bonds. The maximum atomic E-state index is 2.33. The lowest BCUT2D eigenvalue weighted by molar-refractivity contribution is -0.929. The van der Waals surface area contributed by atoms with Crippen molar-refractivity contribution in [2.75, 3.05) is 26.2 Å². The monoisotopic (exact) mass is 254 g/mol. The Morgan fingerprint density at radius 2 is 0.722 bits per heavy atom. The van der Waals surface area contributed by atoms with Gasteiger partial charge in [0.1, 0.15) is 0 Å². The van der Waals surface area contributed by atoms with Crippen LogP contribution >= 0.6 is 0 Å². The number of quaternary nitrogens is 1. The van der Waals surface area contributed by atoms with Crippen LogP contribution in [0.1, 0.15) is 79.1 Å². The maximum absolute atomic E-state index is 2.33. The van der Waals surface area contributed by atoms with Gasteiger partial charge in [-0.2, -0.15) is 0 Å². The lowest BCUT2D eigenvalue weighted by atomic mass is 10.1. The second-order valence-corrected chi connectivity index (χ2v) is 5.65. The van der Waals surface area contributed by atoms with Crippen LogP contribution in [0.25, 0.3) is 0 Å². The van der Waals surface area contributed by atoms with Crippen LogP contribution in [-0.4, -0.2) is 30.7 Å². The molecule has 0 aromatic carbocycles. The Hall–Kier alpha value is -0.0400. The molecule has 0 fully saturated rings. The third-order valence-electron chi connectivity index (χ3n) is 3.94. The van der Waals surface area contributed by atoms with Crippen LogP contribution in [0.15, 0.2) is 0 Å². The van der Waals surface area contributed by atoms with E-state index in [2.05, 4.69) is 27.7 Å².